The molecule has 2 nitrogen and oxygen atoms in total. The molecule has 0 aliphatic heterocycles. The van der Waals surface area contributed by atoms with Gasteiger partial charge < -0.3 is 0 Å². The van der Waals surface area contributed by atoms with Crippen LogP contribution in [0.2, 0.25) is 0 Å². The van der Waals surface area contributed by atoms with Gasteiger partial charge in [0, 0.05) is 40.8 Å². The van der Waals surface area contributed by atoms with E-state index in [9.17, 15) is 9.59 Å². The normalized spacial score (nSPS) is 11.0. The van der Waals surface area contributed by atoms with E-state index in [2.05, 4.69) is 13.2 Å². The van der Waals surface area contributed by atoms with Crippen LogP contribution in [-0.2, 0) is 18.6 Å². The molecule has 0 bridgehead atoms. The van der Waals surface area contributed by atoms with E-state index in [4.69, 9.17) is 0 Å². The molecule has 1 aromatic rings. The maximum Gasteiger partial charge on any atom is 0.194 e. The van der Waals surface area contributed by atoms with Crippen LogP contribution in [-0.4, -0.2) is 11.6 Å². The minimum atomic E-state index is -0.167. The Morgan fingerprint density at radius 2 is 0.957 bits per heavy atom. The third-order valence-corrected chi connectivity index (χ3v) is 2.60. The van der Waals surface area contributed by atoms with Crippen molar-refractivity contribution in [2.75, 3.05) is 0 Å². The molecule has 1 radical (unpaired) electrons. The monoisotopic (exact) mass is 351 g/mol. The first-order chi connectivity index (χ1) is 10.7. The average molecular weight is 351 g/mol. The van der Waals surface area contributed by atoms with Crippen LogP contribution < -0.4 is 0 Å². The Kier molecular flexibility index (Phi) is 17.4. The van der Waals surface area contributed by atoms with Gasteiger partial charge >= 0.3 is 0 Å². The molecular formula is C20H28O2V. The van der Waals surface area contributed by atoms with Gasteiger partial charge in [0.2, 0.25) is 0 Å². The number of hydrogen-bond donors (Lipinski definition) is 0. The van der Waals surface area contributed by atoms with E-state index in [-0.39, 0.29) is 30.1 Å². The SMILES string of the molecule is C=CC1=C(C=C)C(=O)c2ccccc2C1=O.CC.CC.CC.[V]. The van der Waals surface area contributed by atoms with E-state index in [0.29, 0.717) is 22.3 Å². The number of carbonyl (C=O) groups excluding carboxylic acids is 2. The van der Waals surface area contributed by atoms with Gasteiger partial charge in [-0.1, -0.05) is 91.1 Å². The van der Waals surface area contributed by atoms with E-state index in [0.717, 1.165) is 0 Å². The summed E-state index contributed by atoms with van der Waals surface area (Å²) < 4.78 is 0. The van der Waals surface area contributed by atoms with Crippen molar-refractivity contribution in [3.8, 4) is 0 Å². The van der Waals surface area contributed by atoms with Crippen LogP contribution in [0.1, 0.15) is 62.3 Å². The van der Waals surface area contributed by atoms with Crippen molar-refractivity contribution < 1.29 is 28.1 Å². The van der Waals surface area contributed by atoms with Crippen LogP contribution in [0.5, 0.6) is 0 Å². The number of carbonyl (C=O) groups is 2. The summed E-state index contributed by atoms with van der Waals surface area (Å²) in [5, 5.41) is 0. The summed E-state index contributed by atoms with van der Waals surface area (Å²) in [4.78, 5) is 24.1. The third-order valence-electron chi connectivity index (χ3n) is 2.60. The first-order valence-corrected chi connectivity index (χ1v) is 7.88. The number of Topliss-reactive ketones (excluding diaryl/α,β-unsaturated/α-hetero) is 2. The van der Waals surface area contributed by atoms with E-state index in [1.54, 1.807) is 24.3 Å². The summed E-state index contributed by atoms with van der Waals surface area (Å²) in [6.07, 6.45) is 2.82. The molecule has 0 saturated heterocycles. The van der Waals surface area contributed by atoms with Crippen molar-refractivity contribution in [1.82, 2.24) is 0 Å². The maximum atomic E-state index is 12.0. The minimum absolute atomic E-state index is 0. The van der Waals surface area contributed by atoms with E-state index in [1.807, 2.05) is 41.5 Å². The van der Waals surface area contributed by atoms with Gasteiger partial charge in [0.1, 0.15) is 0 Å². The van der Waals surface area contributed by atoms with Crippen LogP contribution in [0.15, 0.2) is 60.7 Å². The summed E-state index contributed by atoms with van der Waals surface area (Å²) in [6, 6.07) is 6.78. The van der Waals surface area contributed by atoms with Crippen molar-refractivity contribution >= 4 is 11.6 Å². The van der Waals surface area contributed by atoms with E-state index in [1.165, 1.54) is 12.2 Å². The standard InChI is InChI=1S/C14H10O2.3C2H6.V/c1-3-9-10(4-2)14(16)12-8-6-5-7-11(12)13(9)15;3*1-2;/h3-8H,1-2H2;3*1-2H3;. The van der Waals surface area contributed by atoms with Gasteiger partial charge in [-0.15, -0.1) is 0 Å². The molecule has 0 atom stereocenters. The summed E-state index contributed by atoms with van der Waals surface area (Å²) in [6.45, 7) is 19.1. The molecule has 1 aromatic carbocycles. The molecule has 0 unspecified atom stereocenters. The Bertz CT molecular complexity index is 506. The maximum absolute atomic E-state index is 12.0. The topological polar surface area (TPSA) is 34.1 Å². The molecule has 0 fully saturated rings. The zero-order valence-electron chi connectivity index (χ0n) is 15.1. The van der Waals surface area contributed by atoms with Crippen molar-refractivity contribution in [3.05, 3.63) is 71.8 Å². The molecule has 0 amide bonds. The molecule has 1 aliphatic carbocycles. The molecule has 0 N–H and O–H groups in total. The second-order valence-corrected chi connectivity index (χ2v) is 3.44. The zero-order chi connectivity index (χ0) is 17.7. The van der Waals surface area contributed by atoms with E-state index < -0.39 is 0 Å². The summed E-state index contributed by atoms with van der Waals surface area (Å²) >= 11 is 0. The predicted octanol–water partition coefficient (Wildman–Crippen LogP) is 5.81. The summed E-state index contributed by atoms with van der Waals surface area (Å²) in [5.74, 6) is -0.333. The Morgan fingerprint density at radius 1 is 0.696 bits per heavy atom. The molecule has 0 spiro atoms. The fourth-order valence-corrected chi connectivity index (χ4v) is 1.82. The first kappa shape index (κ1) is 26.3. The van der Waals surface area contributed by atoms with E-state index >= 15 is 0 Å². The minimum Gasteiger partial charge on any atom is -0.289 e. The van der Waals surface area contributed by atoms with Crippen molar-refractivity contribution in [2.24, 2.45) is 0 Å². The quantitative estimate of drug-likeness (QED) is 0.674. The predicted molar refractivity (Wildman–Crippen MR) is 96.6 cm³/mol. The smallest absolute Gasteiger partial charge is 0.194 e. The molecule has 0 saturated carbocycles. The first-order valence-electron chi connectivity index (χ1n) is 7.88. The fourth-order valence-electron chi connectivity index (χ4n) is 1.82. The zero-order valence-corrected chi connectivity index (χ0v) is 16.5. The van der Waals surface area contributed by atoms with Gasteiger partial charge in [-0.3, -0.25) is 9.59 Å². The number of rotatable bonds is 2. The molecule has 125 valence electrons. The van der Waals surface area contributed by atoms with Crippen LogP contribution >= 0.6 is 0 Å². The van der Waals surface area contributed by atoms with Crippen molar-refractivity contribution in [3.63, 3.8) is 0 Å². The molecule has 1 aliphatic rings. The average Bonchev–Trinajstić information content (AvgIpc) is 2.63. The van der Waals surface area contributed by atoms with Gasteiger partial charge in [0.25, 0.3) is 0 Å². The molecule has 2 rings (SSSR count). The number of benzene rings is 1. The van der Waals surface area contributed by atoms with Gasteiger partial charge in [0.05, 0.1) is 0 Å². The Labute approximate surface area is 153 Å². The molecule has 23 heavy (non-hydrogen) atoms. The van der Waals surface area contributed by atoms with Gasteiger partial charge in [-0.25, -0.2) is 0 Å². The summed E-state index contributed by atoms with van der Waals surface area (Å²) in [5.41, 5.74) is 1.54. The van der Waals surface area contributed by atoms with Crippen molar-refractivity contribution in [2.45, 2.75) is 41.5 Å². The number of fused-ring (bicyclic) bond motifs is 1. The molecule has 3 heteroatoms. The van der Waals surface area contributed by atoms with Crippen LogP contribution in [0.4, 0.5) is 0 Å². The fraction of sp³-hybridized carbons (Fsp3) is 0.300. The number of hydrogen-bond acceptors (Lipinski definition) is 2. The summed E-state index contributed by atoms with van der Waals surface area (Å²) in [7, 11) is 0. The largest absolute Gasteiger partial charge is 0.289 e. The van der Waals surface area contributed by atoms with Crippen LogP contribution in [0.25, 0.3) is 0 Å². The van der Waals surface area contributed by atoms with Gasteiger partial charge in [0.15, 0.2) is 11.6 Å². The number of allylic oxidation sites excluding steroid dienone is 4. The van der Waals surface area contributed by atoms with Gasteiger partial charge in [-0.05, 0) is 0 Å². The van der Waals surface area contributed by atoms with Crippen LogP contribution in [0, 0.1) is 0 Å². The molecule has 0 aromatic heterocycles. The Balaban J connectivity index is -0.000000514. The van der Waals surface area contributed by atoms with Crippen molar-refractivity contribution in [1.29, 1.82) is 0 Å². The Hall–Kier alpha value is -1.64. The molecule has 0 heterocycles. The van der Waals surface area contributed by atoms with Crippen LogP contribution in [0.3, 0.4) is 0 Å². The Morgan fingerprint density at radius 3 is 1.17 bits per heavy atom. The second kappa shape index (κ2) is 15.3. The third kappa shape index (κ3) is 6.17. The van der Waals surface area contributed by atoms with Gasteiger partial charge in [-0.2, -0.15) is 0 Å². The number of ketones is 2. The molecular weight excluding hydrogens is 323 g/mol. The second-order valence-electron chi connectivity index (χ2n) is 3.44.